The minimum atomic E-state index is 0.601. The zero-order valence-corrected chi connectivity index (χ0v) is 18.7. The van der Waals surface area contributed by atoms with Crippen molar-refractivity contribution in [3.05, 3.63) is 76.9 Å². The summed E-state index contributed by atoms with van der Waals surface area (Å²) < 4.78 is 0. The Bertz CT molecular complexity index is 832. The molecule has 154 valence electrons. The van der Waals surface area contributed by atoms with E-state index in [1.807, 2.05) is 6.07 Å². The predicted octanol–water partition coefficient (Wildman–Crippen LogP) is 8.53. The Balaban J connectivity index is 1.68. The number of para-hydroxylation sites is 1. The first-order valence-electron chi connectivity index (χ1n) is 11.5. The number of unbranched alkanes of at least 4 members (excludes halogenated alkanes) is 2. The highest BCUT2D eigenvalue weighted by molar-refractivity contribution is 5.84. The van der Waals surface area contributed by atoms with Gasteiger partial charge in [0, 0.05) is 17.5 Å². The van der Waals surface area contributed by atoms with E-state index in [0.29, 0.717) is 11.8 Å². The molecule has 0 bridgehead atoms. The van der Waals surface area contributed by atoms with E-state index in [0.717, 1.165) is 18.5 Å². The Morgan fingerprint density at radius 2 is 1.79 bits per heavy atom. The van der Waals surface area contributed by atoms with Crippen molar-refractivity contribution < 1.29 is 0 Å². The smallest absolute Gasteiger partial charge is 0.0628 e. The summed E-state index contributed by atoms with van der Waals surface area (Å²) in [7, 11) is 0. The lowest BCUT2D eigenvalue weighted by Crippen LogP contribution is -2.11. The van der Waals surface area contributed by atoms with Gasteiger partial charge in [-0.25, -0.2) is 0 Å². The molecule has 1 heteroatoms. The van der Waals surface area contributed by atoms with Gasteiger partial charge in [-0.15, -0.1) is 0 Å². The second kappa shape index (κ2) is 10.6. The molecule has 2 aliphatic rings. The average molecular weight is 388 g/mol. The summed E-state index contributed by atoms with van der Waals surface area (Å²) in [6, 6.07) is 10.3. The molecule has 0 fully saturated rings. The molecule has 1 aromatic carbocycles. The molecule has 0 amide bonds. The van der Waals surface area contributed by atoms with E-state index in [1.54, 1.807) is 16.7 Å². The Labute approximate surface area is 178 Å². The van der Waals surface area contributed by atoms with E-state index in [2.05, 4.69) is 76.3 Å². The number of aliphatic imine (C=N–C) groups is 1. The molecular formula is C28H37N. The molecule has 0 heterocycles. The summed E-state index contributed by atoms with van der Waals surface area (Å²) in [5.41, 5.74) is 8.49. The molecule has 0 N–H and O–H groups in total. The lowest BCUT2D eigenvalue weighted by atomic mass is 9.81. The van der Waals surface area contributed by atoms with Crippen LogP contribution < -0.4 is 0 Å². The van der Waals surface area contributed by atoms with Gasteiger partial charge >= 0.3 is 0 Å². The van der Waals surface area contributed by atoms with Gasteiger partial charge in [0.05, 0.1) is 5.69 Å². The van der Waals surface area contributed by atoms with Crippen LogP contribution in [-0.2, 0) is 0 Å². The highest BCUT2D eigenvalue weighted by Gasteiger charge is 2.29. The highest BCUT2D eigenvalue weighted by Crippen LogP contribution is 2.43. The zero-order chi connectivity index (χ0) is 20.6. The maximum absolute atomic E-state index is 4.80. The van der Waals surface area contributed by atoms with Crippen LogP contribution >= 0.6 is 0 Å². The topological polar surface area (TPSA) is 12.4 Å². The fourth-order valence-corrected chi connectivity index (χ4v) is 4.67. The van der Waals surface area contributed by atoms with Crippen molar-refractivity contribution in [2.75, 3.05) is 0 Å². The molecule has 0 aliphatic heterocycles. The normalized spacial score (nSPS) is 21.7. The molecule has 2 unspecified atom stereocenters. The minimum Gasteiger partial charge on any atom is -0.258 e. The molecule has 29 heavy (non-hydrogen) atoms. The van der Waals surface area contributed by atoms with E-state index in [1.165, 1.54) is 43.4 Å². The van der Waals surface area contributed by atoms with Crippen LogP contribution in [0.4, 0.5) is 5.69 Å². The van der Waals surface area contributed by atoms with Gasteiger partial charge in [0.1, 0.15) is 0 Å². The van der Waals surface area contributed by atoms with E-state index >= 15 is 0 Å². The molecule has 1 nitrogen and oxygen atoms in total. The first-order valence-corrected chi connectivity index (χ1v) is 11.5. The fourth-order valence-electron chi connectivity index (χ4n) is 4.67. The SMILES string of the molecule is CCCCCC1C(CCC(C)=Nc2ccccc2)=CC=C1C1=CC(C)=CC1CC. The van der Waals surface area contributed by atoms with E-state index in [9.17, 15) is 0 Å². The van der Waals surface area contributed by atoms with Crippen LogP contribution in [0.2, 0.25) is 0 Å². The quantitative estimate of drug-likeness (QED) is 0.282. The summed E-state index contributed by atoms with van der Waals surface area (Å²) in [5.74, 6) is 1.20. The lowest BCUT2D eigenvalue weighted by Gasteiger charge is -2.23. The van der Waals surface area contributed by atoms with Gasteiger partial charge in [0.2, 0.25) is 0 Å². The molecular weight excluding hydrogens is 350 g/mol. The van der Waals surface area contributed by atoms with E-state index < -0.39 is 0 Å². The number of nitrogens with zero attached hydrogens (tertiary/aromatic N) is 1. The Kier molecular flexibility index (Phi) is 7.86. The monoisotopic (exact) mass is 387 g/mol. The highest BCUT2D eigenvalue weighted by atomic mass is 14.7. The van der Waals surface area contributed by atoms with Gasteiger partial charge in [0.15, 0.2) is 0 Å². The maximum atomic E-state index is 4.80. The second-order valence-electron chi connectivity index (χ2n) is 8.62. The Hall–Kier alpha value is -2.15. The molecule has 0 radical (unpaired) electrons. The first-order chi connectivity index (χ1) is 14.1. The van der Waals surface area contributed by atoms with Gasteiger partial charge < -0.3 is 0 Å². The molecule has 0 saturated carbocycles. The van der Waals surface area contributed by atoms with Gasteiger partial charge in [-0.2, -0.15) is 0 Å². The predicted molar refractivity (Wildman–Crippen MR) is 128 cm³/mol. The van der Waals surface area contributed by atoms with Crippen LogP contribution in [0.1, 0.15) is 72.6 Å². The van der Waals surface area contributed by atoms with Gasteiger partial charge in [-0.3, -0.25) is 4.99 Å². The van der Waals surface area contributed by atoms with Gasteiger partial charge in [-0.05, 0) is 62.8 Å². The van der Waals surface area contributed by atoms with Crippen molar-refractivity contribution in [2.45, 2.75) is 72.6 Å². The van der Waals surface area contributed by atoms with Crippen LogP contribution in [-0.4, -0.2) is 5.71 Å². The molecule has 0 aromatic heterocycles. The third kappa shape index (κ3) is 5.69. The summed E-state index contributed by atoms with van der Waals surface area (Å²) in [4.78, 5) is 4.80. The minimum absolute atomic E-state index is 0.601. The maximum Gasteiger partial charge on any atom is 0.0628 e. The third-order valence-electron chi connectivity index (χ3n) is 6.27. The molecule has 3 rings (SSSR count). The summed E-state index contributed by atoms with van der Waals surface area (Å²) in [6.45, 7) is 9.02. The van der Waals surface area contributed by atoms with Crippen molar-refractivity contribution >= 4 is 11.4 Å². The van der Waals surface area contributed by atoms with E-state index in [4.69, 9.17) is 4.99 Å². The van der Waals surface area contributed by atoms with Crippen molar-refractivity contribution in [3.63, 3.8) is 0 Å². The van der Waals surface area contributed by atoms with Crippen molar-refractivity contribution in [2.24, 2.45) is 16.8 Å². The molecule has 0 saturated heterocycles. The van der Waals surface area contributed by atoms with Crippen molar-refractivity contribution in [1.82, 2.24) is 0 Å². The van der Waals surface area contributed by atoms with Gasteiger partial charge in [-0.1, -0.05) is 86.8 Å². The fraction of sp³-hybridized carbons (Fsp3) is 0.464. The summed E-state index contributed by atoms with van der Waals surface area (Å²) in [5, 5.41) is 0. The number of benzene rings is 1. The standard InChI is InChI=1S/C28H37N/c1-5-7-9-14-26-24(16-15-22(4)29-25-12-10-8-11-13-25)17-18-27(26)28-20-21(3)19-23(28)6-2/h8,10-13,17-20,23,26H,5-7,9,14-16H2,1-4H3. The lowest BCUT2D eigenvalue weighted by molar-refractivity contribution is 0.561. The molecule has 2 atom stereocenters. The van der Waals surface area contributed by atoms with Crippen LogP contribution in [0.5, 0.6) is 0 Å². The van der Waals surface area contributed by atoms with Gasteiger partial charge in [0.25, 0.3) is 0 Å². The Morgan fingerprint density at radius 3 is 2.52 bits per heavy atom. The van der Waals surface area contributed by atoms with E-state index in [-0.39, 0.29) is 0 Å². The van der Waals surface area contributed by atoms with Crippen molar-refractivity contribution in [3.8, 4) is 0 Å². The Morgan fingerprint density at radius 1 is 1.00 bits per heavy atom. The van der Waals surface area contributed by atoms with Crippen LogP contribution in [0, 0.1) is 11.8 Å². The number of rotatable bonds is 10. The van der Waals surface area contributed by atoms with Crippen LogP contribution in [0.25, 0.3) is 0 Å². The summed E-state index contributed by atoms with van der Waals surface area (Å²) >= 11 is 0. The number of allylic oxidation sites excluding steroid dienone is 8. The molecule has 2 aliphatic carbocycles. The second-order valence-corrected chi connectivity index (χ2v) is 8.62. The third-order valence-corrected chi connectivity index (χ3v) is 6.27. The zero-order valence-electron chi connectivity index (χ0n) is 18.7. The first kappa shape index (κ1) is 21.6. The van der Waals surface area contributed by atoms with Crippen molar-refractivity contribution in [1.29, 1.82) is 0 Å². The average Bonchev–Trinajstić information content (AvgIpc) is 3.30. The van der Waals surface area contributed by atoms with Crippen LogP contribution in [0.3, 0.4) is 0 Å². The molecule has 0 spiro atoms. The molecule has 1 aromatic rings. The largest absolute Gasteiger partial charge is 0.258 e. The van der Waals surface area contributed by atoms with Crippen LogP contribution in [0.15, 0.2) is 81.9 Å². The summed E-state index contributed by atoms with van der Waals surface area (Å²) in [6.07, 6.45) is 18.3. The number of hydrogen-bond acceptors (Lipinski definition) is 1. The number of hydrogen-bond donors (Lipinski definition) is 0.